The Labute approximate surface area is 247 Å². The molecule has 0 bridgehead atoms. The molecule has 0 unspecified atom stereocenters. The smallest absolute Gasteiger partial charge is 0.410 e. The van der Waals surface area contributed by atoms with Crippen molar-refractivity contribution in [2.24, 2.45) is 11.8 Å². The van der Waals surface area contributed by atoms with Gasteiger partial charge in [-0.25, -0.2) is 4.79 Å². The Hall–Kier alpha value is -3.49. The normalized spacial score (nSPS) is 26.1. The Morgan fingerprint density at radius 3 is 2.40 bits per heavy atom. The fourth-order valence-electron chi connectivity index (χ4n) is 5.79. The molecule has 1 N–H and O–H groups in total. The van der Waals surface area contributed by atoms with Gasteiger partial charge in [0, 0.05) is 34.8 Å². The molecule has 228 valence electrons. The van der Waals surface area contributed by atoms with Crippen molar-refractivity contribution in [2.75, 3.05) is 34.2 Å². The van der Waals surface area contributed by atoms with Crippen LogP contribution in [0.25, 0.3) is 0 Å². The van der Waals surface area contributed by atoms with Crippen LogP contribution in [-0.4, -0.2) is 106 Å². The van der Waals surface area contributed by atoms with Crippen LogP contribution in [0.1, 0.15) is 32.3 Å². The first kappa shape index (κ1) is 31.4. The summed E-state index contributed by atoms with van der Waals surface area (Å²) >= 11 is 1.22. The maximum absolute atomic E-state index is 13.3. The van der Waals surface area contributed by atoms with E-state index in [1.54, 1.807) is 6.92 Å². The van der Waals surface area contributed by atoms with Crippen LogP contribution in [0, 0.1) is 22.0 Å². The van der Waals surface area contributed by atoms with E-state index in [1.807, 2.05) is 21.1 Å². The molecular formula is C28H36N4O9S. The summed E-state index contributed by atoms with van der Waals surface area (Å²) in [6.07, 6.45) is -1.17. The number of aliphatic hydroxyl groups is 1. The molecule has 0 aliphatic carbocycles. The van der Waals surface area contributed by atoms with Crippen molar-refractivity contribution in [2.45, 2.75) is 56.7 Å². The Bertz CT molecular complexity index is 1310. The second kappa shape index (κ2) is 12.0. The number of hydrogen-bond acceptors (Lipinski definition) is 10. The van der Waals surface area contributed by atoms with Crippen molar-refractivity contribution >= 4 is 41.2 Å². The number of aliphatic hydroxyl groups excluding tert-OH is 1. The zero-order valence-corrected chi connectivity index (χ0v) is 25.0. The third-order valence-corrected chi connectivity index (χ3v) is 9.50. The number of thioether (sulfide) groups is 1. The quantitative estimate of drug-likeness (QED) is 0.166. The maximum Gasteiger partial charge on any atom is 0.410 e. The molecule has 1 aromatic carbocycles. The van der Waals surface area contributed by atoms with E-state index in [0.29, 0.717) is 21.5 Å². The van der Waals surface area contributed by atoms with Crippen LogP contribution in [0.3, 0.4) is 0 Å². The molecule has 0 radical (unpaired) electrons. The molecule has 2 fully saturated rings. The topological polar surface area (TPSA) is 170 Å². The van der Waals surface area contributed by atoms with E-state index in [2.05, 4.69) is 0 Å². The lowest BCUT2D eigenvalue weighted by molar-refractivity contribution is -0.869. The van der Waals surface area contributed by atoms with Crippen molar-refractivity contribution in [1.29, 1.82) is 0 Å². The summed E-state index contributed by atoms with van der Waals surface area (Å²) in [7, 11) is 5.87. The van der Waals surface area contributed by atoms with Crippen molar-refractivity contribution < 1.29 is 43.5 Å². The maximum atomic E-state index is 13.3. The standard InChI is InChI=1S/C28H36N4O9S/c1-15-23-22(16(2)33)26(35)30(23)24(27(36)37)25(15)42-19-12-20(21(34)10-11-32(3,4)5)29(13-19)28(38)41-14-17-6-8-18(9-7-17)31(39)40/h6-9,15-16,19-20,22-23,33H,10-14H2,1-5H3/t15-,16-,19+,20+,22-,23-/m1/s1. The highest BCUT2D eigenvalue weighted by Gasteiger charge is 2.59. The lowest BCUT2D eigenvalue weighted by Gasteiger charge is -2.47. The third-order valence-electron chi connectivity index (χ3n) is 8.00. The summed E-state index contributed by atoms with van der Waals surface area (Å²) < 4.78 is 6.04. The van der Waals surface area contributed by atoms with Crippen molar-refractivity contribution in [3.8, 4) is 0 Å². The van der Waals surface area contributed by atoms with Gasteiger partial charge in [0.15, 0.2) is 5.78 Å². The fraction of sp³-hybridized carbons (Fsp3) is 0.571. The predicted octanol–water partition coefficient (Wildman–Crippen LogP) is 0.892. The number of β-lactam (4-membered cyclic amide) rings is 1. The minimum absolute atomic E-state index is 0.0926. The number of carbonyl (C=O) groups excluding carboxylic acids is 4. The molecule has 0 saturated carbocycles. The van der Waals surface area contributed by atoms with Crippen molar-refractivity contribution in [3.05, 3.63) is 50.5 Å². The molecule has 3 aliphatic heterocycles. The molecule has 6 atom stereocenters. The third kappa shape index (κ3) is 6.30. The van der Waals surface area contributed by atoms with Crippen LogP contribution in [-0.2, 0) is 25.7 Å². The Balaban J connectivity index is 1.52. The number of non-ortho nitro benzene ring substituents is 1. The van der Waals surface area contributed by atoms with E-state index in [-0.39, 0.29) is 54.3 Å². The number of Topliss-reactive ketones (excluding diaryl/α,β-unsaturated/α-hetero) is 1. The first-order valence-electron chi connectivity index (χ1n) is 13.7. The van der Waals surface area contributed by atoms with Gasteiger partial charge in [0.2, 0.25) is 5.91 Å². The number of nitro benzene ring substituents is 1. The molecule has 3 heterocycles. The van der Waals surface area contributed by atoms with Crippen LogP contribution in [0.15, 0.2) is 34.9 Å². The van der Waals surface area contributed by atoms with Gasteiger partial charge in [-0.2, -0.15) is 0 Å². The number of rotatable bonds is 11. The number of hydrogen-bond donors (Lipinski definition) is 1. The van der Waals surface area contributed by atoms with Crippen LogP contribution >= 0.6 is 11.8 Å². The molecule has 3 aliphatic rings. The van der Waals surface area contributed by atoms with Crippen LogP contribution in [0.5, 0.6) is 0 Å². The van der Waals surface area contributed by atoms with Crippen LogP contribution in [0.4, 0.5) is 10.5 Å². The number of nitro groups is 1. The molecule has 2 saturated heterocycles. The second-order valence-corrected chi connectivity index (χ2v) is 13.4. The number of ether oxygens (including phenoxy) is 1. The van der Waals surface area contributed by atoms with Crippen molar-refractivity contribution in [3.63, 3.8) is 0 Å². The first-order valence-corrected chi connectivity index (χ1v) is 14.6. The van der Waals surface area contributed by atoms with E-state index >= 15 is 0 Å². The molecule has 42 heavy (non-hydrogen) atoms. The fourth-order valence-corrected chi connectivity index (χ4v) is 7.31. The monoisotopic (exact) mass is 604 g/mol. The minimum atomic E-state index is -1.49. The van der Waals surface area contributed by atoms with Gasteiger partial charge in [-0.15, -0.1) is 11.8 Å². The van der Waals surface area contributed by atoms with Crippen LogP contribution in [0.2, 0.25) is 0 Å². The summed E-state index contributed by atoms with van der Waals surface area (Å²) in [5, 5.41) is 32.8. The number of likely N-dealkylation sites (tertiary alicyclic amines) is 1. The number of ketones is 1. The SMILES string of the molecule is C[C@@H](O)[C@H]1C(=O)N2C(C(=O)[O-])=C(S[C@H]3C[C@@H](C(=O)CC[N+](C)(C)C)N(C(=O)OCc4ccc([N+](=O)[O-])cc4)C3)[C@H](C)[C@H]12. The van der Waals surface area contributed by atoms with E-state index in [4.69, 9.17) is 4.74 Å². The number of amides is 2. The number of fused-ring (bicyclic) bond motifs is 1. The number of nitrogens with zero attached hydrogens (tertiary/aromatic N) is 4. The Morgan fingerprint density at radius 1 is 1.21 bits per heavy atom. The zero-order chi connectivity index (χ0) is 31.1. The van der Waals surface area contributed by atoms with Gasteiger partial charge in [0.25, 0.3) is 5.69 Å². The van der Waals surface area contributed by atoms with Gasteiger partial charge in [-0.1, -0.05) is 6.92 Å². The van der Waals surface area contributed by atoms with Gasteiger partial charge in [-0.3, -0.25) is 24.6 Å². The van der Waals surface area contributed by atoms with Crippen LogP contribution < -0.4 is 5.11 Å². The van der Waals surface area contributed by atoms with E-state index in [9.17, 15) is 39.5 Å². The molecule has 2 amide bonds. The molecule has 0 aromatic heterocycles. The summed E-state index contributed by atoms with van der Waals surface area (Å²) in [6.45, 7) is 3.81. The summed E-state index contributed by atoms with van der Waals surface area (Å²) in [6, 6.07) is 4.30. The van der Waals surface area contributed by atoms with E-state index < -0.39 is 47.0 Å². The first-order chi connectivity index (χ1) is 19.6. The average molecular weight is 605 g/mol. The van der Waals surface area contributed by atoms with Gasteiger partial charge >= 0.3 is 6.09 Å². The number of carbonyl (C=O) groups is 4. The number of quaternary nitrogens is 1. The summed E-state index contributed by atoms with van der Waals surface area (Å²) in [4.78, 5) is 64.8. The molecule has 1 aromatic rings. The number of carboxylic acids is 1. The summed E-state index contributed by atoms with van der Waals surface area (Å²) in [5.41, 5.74) is 0.230. The molecule has 4 rings (SSSR count). The highest BCUT2D eigenvalue weighted by Crippen LogP contribution is 2.52. The van der Waals surface area contributed by atoms with Gasteiger partial charge in [-0.05, 0) is 31.0 Å². The molecular weight excluding hydrogens is 568 g/mol. The molecule has 14 heteroatoms. The predicted molar refractivity (Wildman–Crippen MR) is 149 cm³/mol. The largest absolute Gasteiger partial charge is 0.543 e. The zero-order valence-electron chi connectivity index (χ0n) is 24.2. The molecule has 0 spiro atoms. The number of aliphatic carboxylic acids is 1. The number of carboxylic acid groups (broad SMARTS) is 1. The number of benzene rings is 1. The van der Waals surface area contributed by atoms with Gasteiger partial charge < -0.3 is 29.1 Å². The second-order valence-electron chi connectivity index (χ2n) is 12.1. The average Bonchev–Trinajstić information content (AvgIpc) is 3.43. The van der Waals surface area contributed by atoms with E-state index in [0.717, 1.165) is 0 Å². The Morgan fingerprint density at radius 2 is 1.86 bits per heavy atom. The van der Waals surface area contributed by atoms with Gasteiger partial charge in [0.05, 0.1) is 74.8 Å². The minimum Gasteiger partial charge on any atom is -0.543 e. The lowest BCUT2D eigenvalue weighted by Crippen LogP contribution is -2.64. The van der Waals surface area contributed by atoms with Gasteiger partial charge in [0.1, 0.15) is 6.61 Å². The van der Waals surface area contributed by atoms with Crippen molar-refractivity contribution in [1.82, 2.24) is 9.80 Å². The van der Waals surface area contributed by atoms with E-state index in [1.165, 1.54) is 52.8 Å². The highest BCUT2D eigenvalue weighted by molar-refractivity contribution is 8.03. The summed E-state index contributed by atoms with van der Waals surface area (Å²) in [5.74, 6) is -3.19. The Kier molecular flexibility index (Phi) is 9.00. The lowest BCUT2D eigenvalue weighted by atomic mass is 9.79. The molecule has 13 nitrogen and oxygen atoms in total. The highest BCUT2D eigenvalue weighted by atomic mass is 32.2.